The number of aliphatic imine (C=N–C) groups is 1. The summed E-state index contributed by atoms with van der Waals surface area (Å²) >= 11 is 0. The van der Waals surface area contributed by atoms with Gasteiger partial charge in [0.15, 0.2) is 5.96 Å². The second-order valence-electron chi connectivity index (χ2n) is 7.27. The van der Waals surface area contributed by atoms with Crippen molar-refractivity contribution >= 4 is 11.8 Å². The molecule has 0 aliphatic carbocycles. The molecule has 1 unspecified atom stereocenters. The summed E-state index contributed by atoms with van der Waals surface area (Å²) < 4.78 is 18.7. The third-order valence-corrected chi connectivity index (χ3v) is 5.24. The third-order valence-electron chi connectivity index (χ3n) is 5.24. The molecule has 0 amide bonds. The first-order valence-corrected chi connectivity index (χ1v) is 10.0. The quantitative estimate of drug-likeness (QED) is 0.578. The Morgan fingerprint density at radius 1 is 1.24 bits per heavy atom. The molecular weight excluding hydrogens is 369 g/mol. The van der Waals surface area contributed by atoms with Crippen LogP contribution in [0, 0.1) is 12.7 Å². The first kappa shape index (κ1) is 21.0. The highest BCUT2D eigenvalue weighted by Gasteiger charge is 2.21. The fraction of sp³-hybridized carbons (Fsp3) is 0.455. The molecule has 7 heteroatoms. The summed E-state index contributed by atoms with van der Waals surface area (Å²) in [5.41, 5.74) is 1.97. The normalized spacial score (nSPS) is 16.6. The summed E-state index contributed by atoms with van der Waals surface area (Å²) in [5, 5.41) is 6.83. The first-order chi connectivity index (χ1) is 14.1. The number of aryl methyl sites for hydroxylation is 1. The van der Waals surface area contributed by atoms with Crippen LogP contribution in [0.15, 0.2) is 47.5 Å². The summed E-state index contributed by atoms with van der Waals surface area (Å²) in [6.45, 7) is 4.49. The van der Waals surface area contributed by atoms with E-state index in [1.807, 2.05) is 13.0 Å². The van der Waals surface area contributed by atoms with Gasteiger partial charge in [-0.2, -0.15) is 0 Å². The van der Waals surface area contributed by atoms with E-state index in [-0.39, 0.29) is 11.9 Å². The van der Waals surface area contributed by atoms with Crippen LogP contribution in [0.1, 0.15) is 30.2 Å². The maximum atomic E-state index is 13.1. The van der Waals surface area contributed by atoms with E-state index in [9.17, 15) is 4.39 Å². The number of hydrogen-bond donors (Lipinski definition) is 2. The molecule has 2 heterocycles. The zero-order valence-electron chi connectivity index (χ0n) is 17.4. The lowest BCUT2D eigenvalue weighted by Gasteiger charge is -2.34. The first-order valence-electron chi connectivity index (χ1n) is 10.0. The van der Waals surface area contributed by atoms with Crippen LogP contribution in [0.25, 0.3) is 0 Å². The molecule has 1 aliphatic heterocycles. The zero-order chi connectivity index (χ0) is 20.6. The largest absolute Gasteiger partial charge is 0.375 e. The van der Waals surface area contributed by atoms with E-state index in [2.05, 4.69) is 37.6 Å². The van der Waals surface area contributed by atoms with Crippen LogP contribution in [-0.2, 0) is 4.74 Å². The number of hydrogen-bond acceptors (Lipinski definition) is 4. The molecule has 1 aliphatic rings. The van der Waals surface area contributed by atoms with Crippen LogP contribution in [-0.4, -0.2) is 50.8 Å². The predicted octanol–water partition coefficient (Wildman–Crippen LogP) is 3.05. The molecule has 3 rings (SSSR count). The van der Waals surface area contributed by atoms with Crippen molar-refractivity contribution in [2.45, 2.75) is 31.9 Å². The molecule has 0 spiro atoms. The minimum absolute atomic E-state index is 0.177. The number of guanidine groups is 1. The van der Waals surface area contributed by atoms with E-state index in [1.54, 1.807) is 26.3 Å². The van der Waals surface area contributed by atoms with E-state index >= 15 is 0 Å². The monoisotopic (exact) mass is 399 g/mol. The summed E-state index contributed by atoms with van der Waals surface area (Å²) in [5.74, 6) is 1.55. The maximum absolute atomic E-state index is 13.1. The second kappa shape index (κ2) is 10.2. The number of methoxy groups -OCH3 is 1. The van der Waals surface area contributed by atoms with Crippen molar-refractivity contribution in [3.63, 3.8) is 0 Å². The molecular formula is C22H30FN5O. The highest BCUT2D eigenvalue weighted by molar-refractivity contribution is 5.80. The topological polar surface area (TPSA) is 61.8 Å². The molecule has 156 valence electrons. The number of piperidine rings is 1. The number of ether oxygens (including phenoxy) is 1. The highest BCUT2D eigenvalue weighted by atomic mass is 19.1. The van der Waals surface area contributed by atoms with Crippen LogP contribution in [0.4, 0.5) is 10.2 Å². The summed E-state index contributed by atoms with van der Waals surface area (Å²) in [6, 6.07) is 12.9. The second-order valence-corrected chi connectivity index (χ2v) is 7.27. The van der Waals surface area contributed by atoms with Gasteiger partial charge in [0.25, 0.3) is 0 Å². The number of pyridine rings is 1. The van der Waals surface area contributed by atoms with Gasteiger partial charge in [-0.3, -0.25) is 4.99 Å². The van der Waals surface area contributed by atoms with Crippen LogP contribution in [0.2, 0.25) is 0 Å². The molecule has 0 saturated carbocycles. The number of benzene rings is 1. The lowest BCUT2D eigenvalue weighted by atomic mass is 10.1. The molecule has 2 aromatic rings. The average Bonchev–Trinajstić information content (AvgIpc) is 2.75. The third kappa shape index (κ3) is 5.90. The Morgan fingerprint density at radius 3 is 2.59 bits per heavy atom. The van der Waals surface area contributed by atoms with Crippen LogP contribution < -0.4 is 15.5 Å². The van der Waals surface area contributed by atoms with E-state index in [0.717, 1.165) is 49.0 Å². The molecule has 1 saturated heterocycles. The van der Waals surface area contributed by atoms with Crippen LogP contribution in [0.5, 0.6) is 0 Å². The number of nitrogens with one attached hydrogen (secondary N) is 2. The fourth-order valence-corrected chi connectivity index (χ4v) is 3.55. The van der Waals surface area contributed by atoms with Gasteiger partial charge in [-0.1, -0.05) is 18.2 Å². The molecule has 0 radical (unpaired) electrons. The highest BCUT2D eigenvalue weighted by Crippen LogP contribution is 2.19. The number of rotatable bonds is 6. The van der Waals surface area contributed by atoms with Gasteiger partial charge in [-0.25, -0.2) is 9.37 Å². The van der Waals surface area contributed by atoms with Crippen molar-refractivity contribution in [2.75, 3.05) is 38.7 Å². The van der Waals surface area contributed by atoms with Crippen LogP contribution >= 0.6 is 0 Å². The standard InChI is InChI=1S/C22H30FN5O/c1-16-5-4-6-21(26-16)28-13-11-19(12-14-28)27-22(24-2)25-15-20(29-3)17-7-9-18(23)10-8-17/h4-10,19-20H,11-15H2,1-3H3,(H2,24,25,27). The van der Waals surface area contributed by atoms with Crippen molar-refractivity contribution in [1.82, 2.24) is 15.6 Å². The molecule has 1 fully saturated rings. The Hall–Kier alpha value is -2.67. The molecule has 29 heavy (non-hydrogen) atoms. The Morgan fingerprint density at radius 2 is 1.97 bits per heavy atom. The SMILES string of the molecule is CN=C(NCC(OC)c1ccc(F)cc1)NC1CCN(c2cccc(C)n2)CC1. The van der Waals surface area contributed by atoms with E-state index < -0.39 is 0 Å². The smallest absolute Gasteiger partial charge is 0.191 e. The summed E-state index contributed by atoms with van der Waals surface area (Å²) in [6.07, 6.45) is 1.85. The van der Waals surface area contributed by atoms with Gasteiger partial charge in [0.1, 0.15) is 11.6 Å². The Bertz CT molecular complexity index is 803. The Balaban J connectivity index is 1.48. The lowest BCUT2D eigenvalue weighted by Crippen LogP contribution is -2.49. The molecule has 1 aromatic heterocycles. The van der Waals surface area contributed by atoms with Gasteiger partial charge < -0.3 is 20.3 Å². The Kier molecular flexibility index (Phi) is 7.41. The maximum Gasteiger partial charge on any atom is 0.191 e. The average molecular weight is 400 g/mol. The molecule has 6 nitrogen and oxygen atoms in total. The number of aromatic nitrogens is 1. The van der Waals surface area contributed by atoms with Gasteiger partial charge >= 0.3 is 0 Å². The van der Waals surface area contributed by atoms with Crippen molar-refractivity contribution in [3.05, 3.63) is 59.5 Å². The van der Waals surface area contributed by atoms with E-state index in [1.165, 1.54) is 12.1 Å². The van der Waals surface area contributed by atoms with Crippen LogP contribution in [0.3, 0.4) is 0 Å². The van der Waals surface area contributed by atoms with Gasteiger partial charge in [-0.05, 0) is 49.6 Å². The van der Waals surface area contributed by atoms with Gasteiger partial charge in [0, 0.05) is 45.5 Å². The van der Waals surface area contributed by atoms with Crippen molar-refractivity contribution in [2.24, 2.45) is 4.99 Å². The molecule has 1 aromatic carbocycles. The van der Waals surface area contributed by atoms with E-state index in [0.29, 0.717) is 12.6 Å². The molecule has 1 atom stereocenters. The lowest BCUT2D eigenvalue weighted by molar-refractivity contribution is 0.106. The minimum Gasteiger partial charge on any atom is -0.375 e. The van der Waals surface area contributed by atoms with E-state index in [4.69, 9.17) is 4.74 Å². The van der Waals surface area contributed by atoms with Crippen molar-refractivity contribution in [3.8, 4) is 0 Å². The molecule has 0 bridgehead atoms. The number of nitrogens with zero attached hydrogens (tertiary/aromatic N) is 3. The summed E-state index contributed by atoms with van der Waals surface area (Å²) in [7, 11) is 3.42. The Labute approximate surface area is 172 Å². The van der Waals surface area contributed by atoms with Gasteiger partial charge in [-0.15, -0.1) is 0 Å². The van der Waals surface area contributed by atoms with Crippen molar-refractivity contribution < 1.29 is 9.13 Å². The molecule has 2 N–H and O–H groups in total. The zero-order valence-corrected chi connectivity index (χ0v) is 17.4. The summed E-state index contributed by atoms with van der Waals surface area (Å²) in [4.78, 5) is 11.3. The van der Waals surface area contributed by atoms with Gasteiger partial charge in [0.05, 0.1) is 6.10 Å². The number of halogens is 1. The minimum atomic E-state index is -0.249. The predicted molar refractivity (Wildman–Crippen MR) is 115 cm³/mol. The fourth-order valence-electron chi connectivity index (χ4n) is 3.55. The number of anilines is 1. The van der Waals surface area contributed by atoms with Crippen molar-refractivity contribution in [1.29, 1.82) is 0 Å². The van der Waals surface area contributed by atoms with Gasteiger partial charge in [0.2, 0.25) is 0 Å².